The number of aromatic nitrogens is 3. The van der Waals surface area contributed by atoms with Gasteiger partial charge in [0.15, 0.2) is 0 Å². The Balaban J connectivity index is 1.59. The minimum absolute atomic E-state index is 0.0159. The number of fused-ring (bicyclic) bond motifs is 1. The van der Waals surface area contributed by atoms with Gasteiger partial charge < -0.3 is 10.1 Å². The van der Waals surface area contributed by atoms with Crippen LogP contribution in [0.2, 0.25) is 0 Å². The number of hydrogen-bond donors (Lipinski definition) is 1. The molecule has 3 rings (SSSR count). The van der Waals surface area contributed by atoms with Crippen molar-refractivity contribution in [2.75, 3.05) is 6.61 Å². The highest BCUT2D eigenvalue weighted by Gasteiger charge is 2.22. The maximum Gasteiger partial charge on any atom is 0.222 e. The third kappa shape index (κ3) is 2.79. The number of nitrogens with zero attached hydrogens (tertiary/aromatic N) is 3. The van der Waals surface area contributed by atoms with E-state index in [1.54, 1.807) is 11.0 Å². The van der Waals surface area contributed by atoms with Crippen LogP contribution >= 0.6 is 0 Å². The van der Waals surface area contributed by atoms with Crippen LogP contribution in [0, 0.1) is 0 Å². The topological polar surface area (TPSA) is 69.0 Å². The number of amides is 1. The van der Waals surface area contributed by atoms with Gasteiger partial charge in [-0.2, -0.15) is 5.10 Å². The Labute approximate surface area is 116 Å². The van der Waals surface area contributed by atoms with Crippen LogP contribution in [0.1, 0.15) is 24.4 Å². The summed E-state index contributed by atoms with van der Waals surface area (Å²) >= 11 is 0. The molecule has 0 aliphatic carbocycles. The van der Waals surface area contributed by atoms with Crippen molar-refractivity contribution < 1.29 is 9.53 Å². The molecule has 0 saturated carbocycles. The Morgan fingerprint density at radius 1 is 1.45 bits per heavy atom. The summed E-state index contributed by atoms with van der Waals surface area (Å²) in [5.41, 5.74) is 1.05. The molecule has 1 aliphatic rings. The fraction of sp³-hybridized carbons (Fsp3) is 0.357. The minimum Gasteiger partial charge on any atom is -0.493 e. The average molecular weight is 272 g/mol. The molecular weight excluding hydrogens is 256 g/mol. The van der Waals surface area contributed by atoms with E-state index in [9.17, 15) is 4.79 Å². The van der Waals surface area contributed by atoms with Gasteiger partial charge in [0.2, 0.25) is 5.91 Å². The Morgan fingerprint density at radius 3 is 3.20 bits per heavy atom. The highest BCUT2D eigenvalue weighted by Crippen LogP contribution is 2.31. The fourth-order valence-corrected chi connectivity index (χ4v) is 2.32. The Bertz CT molecular complexity index is 583. The first kappa shape index (κ1) is 12.7. The van der Waals surface area contributed by atoms with E-state index in [1.165, 1.54) is 6.33 Å². The van der Waals surface area contributed by atoms with Crippen molar-refractivity contribution in [1.29, 1.82) is 0 Å². The van der Waals surface area contributed by atoms with E-state index < -0.39 is 0 Å². The van der Waals surface area contributed by atoms with Gasteiger partial charge in [-0.1, -0.05) is 18.2 Å². The molecular formula is C14H16N4O2. The van der Waals surface area contributed by atoms with Crippen LogP contribution < -0.4 is 10.1 Å². The Morgan fingerprint density at radius 2 is 2.35 bits per heavy atom. The monoisotopic (exact) mass is 272 g/mol. The summed E-state index contributed by atoms with van der Waals surface area (Å²) in [6, 6.07) is 7.86. The van der Waals surface area contributed by atoms with Crippen LogP contribution in [0.5, 0.6) is 5.75 Å². The molecule has 20 heavy (non-hydrogen) atoms. The quantitative estimate of drug-likeness (QED) is 0.911. The number of carbonyl (C=O) groups excluding carboxylic acids is 1. The van der Waals surface area contributed by atoms with Crippen molar-refractivity contribution >= 4 is 5.91 Å². The number of aryl methyl sites for hydroxylation is 1. The smallest absolute Gasteiger partial charge is 0.222 e. The molecule has 1 amide bonds. The van der Waals surface area contributed by atoms with Gasteiger partial charge in [0.25, 0.3) is 0 Å². The second kappa shape index (κ2) is 5.73. The van der Waals surface area contributed by atoms with Crippen molar-refractivity contribution in [2.24, 2.45) is 0 Å². The number of ether oxygens (including phenoxy) is 1. The van der Waals surface area contributed by atoms with E-state index in [2.05, 4.69) is 15.4 Å². The third-order valence-corrected chi connectivity index (χ3v) is 3.33. The predicted molar refractivity (Wildman–Crippen MR) is 72.1 cm³/mol. The molecule has 0 spiro atoms. The maximum absolute atomic E-state index is 12.0. The van der Waals surface area contributed by atoms with Gasteiger partial charge in [-0.15, -0.1) is 0 Å². The summed E-state index contributed by atoms with van der Waals surface area (Å²) in [7, 11) is 0. The normalized spacial score (nSPS) is 17.1. The lowest BCUT2D eigenvalue weighted by Crippen LogP contribution is -2.32. The third-order valence-electron chi connectivity index (χ3n) is 3.33. The van der Waals surface area contributed by atoms with E-state index >= 15 is 0 Å². The van der Waals surface area contributed by atoms with Crippen LogP contribution in [-0.4, -0.2) is 27.3 Å². The zero-order valence-electron chi connectivity index (χ0n) is 11.0. The molecule has 1 aromatic heterocycles. The molecule has 2 heterocycles. The molecule has 0 fully saturated rings. The maximum atomic E-state index is 12.0. The van der Waals surface area contributed by atoms with Gasteiger partial charge in [0.1, 0.15) is 18.4 Å². The standard InChI is InChI=1S/C14H16N4O2/c19-14(5-7-18-10-15-9-16-18)17-12-6-8-20-13-4-2-1-3-11(12)13/h1-4,9-10,12H,5-8H2,(H,17,19)/t12-/m1/s1. The largest absolute Gasteiger partial charge is 0.493 e. The second-order valence-electron chi connectivity index (χ2n) is 4.70. The van der Waals surface area contributed by atoms with Crippen molar-refractivity contribution in [3.8, 4) is 5.75 Å². The van der Waals surface area contributed by atoms with E-state index in [0.29, 0.717) is 19.6 Å². The van der Waals surface area contributed by atoms with Crippen LogP contribution in [0.25, 0.3) is 0 Å². The van der Waals surface area contributed by atoms with Crippen LogP contribution in [0.4, 0.5) is 0 Å². The highest BCUT2D eigenvalue weighted by molar-refractivity contribution is 5.76. The lowest BCUT2D eigenvalue weighted by molar-refractivity contribution is -0.122. The summed E-state index contributed by atoms with van der Waals surface area (Å²) in [6.45, 7) is 1.17. The highest BCUT2D eigenvalue weighted by atomic mass is 16.5. The van der Waals surface area contributed by atoms with Gasteiger partial charge in [0.05, 0.1) is 19.2 Å². The van der Waals surface area contributed by atoms with Crippen molar-refractivity contribution in [1.82, 2.24) is 20.1 Å². The van der Waals surface area contributed by atoms with Crippen LogP contribution in [-0.2, 0) is 11.3 Å². The number of para-hydroxylation sites is 1. The summed E-state index contributed by atoms with van der Waals surface area (Å²) in [5.74, 6) is 0.877. The summed E-state index contributed by atoms with van der Waals surface area (Å²) in [4.78, 5) is 15.9. The minimum atomic E-state index is 0.0159. The first-order valence-corrected chi connectivity index (χ1v) is 6.66. The second-order valence-corrected chi connectivity index (χ2v) is 4.70. The zero-order chi connectivity index (χ0) is 13.8. The van der Waals surface area contributed by atoms with Gasteiger partial charge in [-0.3, -0.25) is 9.48 Å². The first-order chi connectivity index (χ1) is 9.83. The lowest BCUT2D eigenvalue weighted by atomic mass is 10.0. The van der Waals surface area contributed by atoms with E-state index in [0.717, 1.165) is 17.7 Å². The van der Waals surface area contributed by atoms with Crippen LogP contribution in [0.15, 0.2) is 36.9 Å². The molecule has 0 unspecified atom stereocenters. The Kier molecular flexibility index (Phi) is 3.62. The molecule has 0 saturated heterocycles. The van der Waals surface area contributed by atoms with E-state index in [1.807, 2.05) is 24.3 Å². The number of nitrogens with one attached hydrogen (secondary N) is 1. The molecule has 6 heteroatoms. The summed E-state index contributed by atoms with van der Waals surface area (Å²) in [6.07, 6.45) is 4.26. The number of benzene rings is 1. The molecule has 1 N–H and O–H groups in total. The van der Waals surface area contributed by atoms with Gasteiger partial charge in [0, 0.05) is 18.4 Å². The SMILES string of the molecule is O=C(CCn1cncn1)N[C@@H]1CCOc2ccccc21. The van der Waals surface area contributed by atoms with Crippen molar-refractivity contribution in [2.45, 2.75) is 25.4 Å². The van der Waals surface area contributed by atoms with E-state index in [-0.39, 0.29) is 11.9 Å². The molecule has 1 aromatic carbocycles. The van der Waals surface area contributed by atoms with E-state index in [4.69, 9.17) is 4.74 Å². The summed E-state index contributed by atoms with van der Waals surface area (Å²) in [5, 5.41) is 7.03. The van der Waals surface area contributed by atoms with Gasteiger partial charge in [-0.25, -0.2) is 4.98 Å². The molecule has 1 aliphatic heterocycles. The van der Waals surface area contributed by atoms with Crippen LogP contribution in [0.3, 0.4) is 0 Å². The zero-order valence-corrected chi connectivity index (χ0v) is 11.0. The molecule has 2 aromatic rings. The molecule has 0 bridgehead atoms. The lowest BCUT2D eigenvalue weighted by Gasteiger charge is -2.26. The van der Waals surface area contributed by atoms with Crippen molar-refractivity contribution in [3.63, 3.8) is 0 Å². The average Bonchev–Trinajstić information content (AvgIpc) is 2.99. The fourth-order valence-electron chi connectivity index (χ4n) is 2.32. The number of hydrogen-bond acceptors (Lipinski definition) is 4. The molecule has 104 valence electrons. The first-order valence-electron chi connectivity index (χ1n) is 6.66. The van der Waals surface area contributed by atoms with Gasteiger partial charge >= 0.3 is 0 Å². The van der Waals surface area contributed by atoms with Gasteiger partial charge in [-0.05, 0) is 6.07 Å². The number of carbonyl (C=O) groups is 1. The van der Waals surface area contributed by atoms with Crippen molar-refractivity contribution in [3.05, 3.63) is 42.5 Å². The predicted octanol–water partition coefficient (Wildman–Crippen LogP) is 1.31. The number of rotatable bonds is 4. The molecule has 6 nitrogen and oxygen atoms in total. The molecule has 0 radical (unpaired) electrons. The molecule has 1 atom stereocenters. The summed E-state index contributed by atoms with van der Waals surface area (Å²) < 4.78 is 7.23. The Hall–Kier alpha value is -2.37.